The Hall–Kier alpha value is -0.440. The minimum atomic E-state index is -0.397. The molecule has 5 heteroatoms. The first-order valence-corrected chi connectivity index (χ1v) is 6.66. The second-order valence-electron chi connectivity index (χ2n) is 3.79. The summed E-state index contributed by atoms with van der Waals surface area (Å²) in [6.07, 6.45) is 0. The van der Waals surface area contributed by atoms with E-state index < -0.39 is 6.04 Å². The van der Waals surface area contributed by atoms with Crippen molar-refractivity contribution in [3.05, 3.63) is 67.6 Å². The van der Waals surface area contributed by atoms with Crippen LogP contribution in [0.4, 0.5) is 0 Å². The zero-order valence-electron chi connectivity index (χ0n) is 9.13. The first kappa shape index (κ1) is 14.0. The van der Waals surface area contributed by atoms with Gasteiger partial charge in [-0.25, -0.2) is 0 Å². The van der Waals surface area contributed by atoms with E-state index in [2.05, 4.69) is 0 Å². The van der Waals surface area contributed by atoms with Gasteiger partial charge in [0.05, 0.1) is 26.1 Å². The van der Waals surface area contributed by atoms with Crippen molar-refractivity contribution in [1.82, 2.24) is 0 Å². The van der Waals surface area contributed by atoms with Crippen molar-refractivity contribution in [2.24, 2.45) is 5.73 Å². The molecule has 94 valence electrons. The maximum absolute atomic E-state index is 6.16. The van der Waals surface area contributed by atoms with Crippen LogP contribution in [0.15, 0.2) is 36.4 Å². The van der Waals surface area contributed by atoms with Gasteiger partial charge in [0.25, 0.3) is 0 Å². The van der Waals surface area contributed by atoms with E-state index in [1.54, 1.807) is 24.3 Å². The largest absolute Gasteiger partial charge is 0.320 e. The Morgan fingerprint density at radius 3 is 2.22 bits per heavy atom. The van der Waals surface area contributed by atoms with Crippen LogP contribution in [-0.2, 0) is 0 Å². The van der Waals surface area contributed by atoms with Crippen LogP contribution >= 0.6 is 46.4 Å². The fourth-order valence-corrected chi connectivity index (χ4v) is 2.38. The number of rotatable bonds is 2. The van der Waals surface area contributed by atoms with Gasteiger partial charge in [0, 0.05) is 0 Å². The predicted octanol–water partition coefficient (Wildman–Crippen LogP) is 5.35. The van der Waals surface area contributed by atoms with Crippen LogP contribution in [0.25, 0.3) is 0 Å². The highest BCUT2D eigenvalue weighted by molar-refractivity contribution is 6.42. The lowest BCUT2D eigenvalue weighted by atomic mass is 10.00. The molecule has 1 nitrogen and oxygen atoms in total. The molecule has 0 heterocycles. The van der Waals surface area contributed by atoms with E-state index in [-0.39, 0.29) is 0 Å². The van der Waals surface area contributed by atoms with E-state index in [0.717, 1.165) is 11.1 Å². The Morgan fingerprint density at radius 2 is 1.56 bits per heavy atom. The lowest BCUT2D eigenvalue weighted by molar-refractivity contribution is 0.872. The molecule has 2 rings (SSSR count). The molecule has 1 unspecified atom stereocenters. The van der Waals surface area contributed by atoms with Gasteiger partial charge in [0.15, 0.2) is 0 Å². The average molecular weight is 321 g/mol. The van der Waals surface area contributed by atoms with Crippen molar-refractivity contribution in [3.8, 4) is 0 Å². The van der Waals surface area contributed by atoms with Gasteiger partial charge in [-0.15, -0.1) is 0 Å². The van der Waals surface area contributed by atoms with Crippen molar-refractivity contribution >= 4 is 46.4 Å². The molecule has 0 bridgehead atoms. The highest BCUT2D eigenvalue weighted by Crippen LogP contribution is 2.33. The fourth-order valence-electron chi connectivity index (χ4n) is 1.65. The zero-order chi connectivity index (χ0) is 13.3. The van der Waals surface area contributed by atoms with Crippen LogP contribution in [0.1, 0.15) is 17.2 Å². The van der Waals surface area contributed by atoms with Crippen LogP contribution in [0.3, 0.4) is 0 Å². The normalized spacial score (nSPS) is 12.5. The van der Waals surface area contributed by atoms with Gasteiger partial charge in [0.1, 0.15) is 0 Å². The monoisotopic (exact) mass is 319 g/mol. The first-order chi connectivity index (χ1) is 8.50. The third-order valence-electron chi connectivity index (χ3n) is 2.62. The average Bonchev–Trinajstić information content (AvgIpc) is 2.35. The van der Waals surface area contributed by atoms with E-state index in [1.165, 1.54) is 0 Å². The molecule has 1 atom stereocenters. The van der Waals surface area contributed by atoms with Gasteiger partial charge >= 0.3 is 0 Å². The highest BCUT2D eigenvalue weighted by Gasteiger charge is 2.15. The van der Waals surface area contributed by atoms with Gasteiger partial charge in [-0.3, -0.25) is 0 Å². The molecular weight excluding hydrogens is 312 g/mol. The molecule has 18 heavy (non-hydrogen) atoms. The van der Waals surface area contributed by atoms with Gasteiger partial charge in [-0.1, -0.05) is 64.6 Å². The summed E-state index contributed by atoms with van der Waals surface area (Å²) in [5.41, 5.74) is 7.74. The molecule has 0 aromatic heterocycles. The topological polar surface area (TPSA) is 26.0 Å². The molecule has 2 aromatic carbocycles. The van der Waals surface area contributed by atoms with Crippen LogP contribution in [0, 0.1) is 0 Å². The molecule has 0 aliphatic heterocycles. The number of nitrogens with two attached hydrogens (primary N) is 1. The lowest BCUT2D eigenvalue weighted by Crippen LogP contribution is -2.12. The van der Waals surface area contributed by atoms with Crippen LogP contribution in [-0.4, -0.2) is 0 Å². The summed E-state index contributed by atoms with van der Waals surface area (Å²) in [7, 11) is 0. The van der Waals surface area contributed by atoms with Gasteiger partial charge in [-0.05, 0) is 29.3 Å². The molecule has 0 aliphatic rings. The summed E-state index contributed by atoms with van der Waals surface area (Å²) < 4.78 is 0. The number of benzene rings is 2. The van der Waals surface area contributed by atoms with E-state index >= 15 is 0 Å². The highest BCUT2D eigenvalue weighted by atomic mass is 35.5. The number of halogens is 4. The molecule has 2 N–H and O–H groups in total. The molecule has 0 saturated carbocycles. The van der Waals surface area contributed by atoms with E-state index in [9.17, 15) is 0 Å². The van der Waals surface area contributed by atoms with Gasteiger partial charge in [0.2, 0.25) is 0 Å². The Balaban J connectivity index is 2.44. The minimum Gasteiger partial charge on any atom is -0.320 e. The quantitative estimate of drug-likeness (QED) is 0.793. The molecule has 2 aromatic rings. The van der Waals surface area contributed by atoms with Crippen molar-refractivity contribution in [3.63, 3.8) is 0 Å². The summed E-state index contributed by atoms with van der Waals surface area (Å²) in [5, 5.41) is 1.88. The molecule has 0 amide bonds. The van der Waals surface area contributed by atoms with Crippen molar-refractivity contribution in [1.29, 1.82) is 0 Å². The standard InChI is InChI=1S/C13H9Cl4N/c14-9-5-4-7(6-11(9)16)13(18)8-2-1-3-10(15)12(8)17/h1-6,13H,18H2. The van der Waals surface area contributed by atoms with Crippen molar-refractivity contribution in [2.75, 3.05) is 0 Å². The summed E-state index contributed by atoms with van der Waals surface area (Å²) in [4.78, 5) is 0. The second kappa shape index (κ2) is 5.68. The summed E-state index contributed by atoms with van der Waals surface area (Å²) in [6.45, 7) is 0. The molecule has 0 aliphatic carbocycles. The van der Waals surface area contributed by atoms with Crippen molar-refractivity contribution in [2.45, 2.75) is 6.04 Å². The van der Waals surface area contributed by atoms with E-state index in [0.29, 0.717) is 20.1 Å². The molecule has 0 saturated heterocycles. The Bertz CT molecular complexity index is 583. The fraction of sp³-hybridized carbons (Fsp3) is 0.0769. The van der Waals surface area contributed by atoms with E-state index in [1.807, 2.05) is 12.1 Å². The van der Waals surface area contributed by atoms with Gasteiger partial charge in [-0.2, -0.15) is 0 Å². The lowest BCUT2D eigenvalue weighted by Gasteiger charge is -2.15. The molecular formula is C13H9Cl4N. The maximum Gasteiger partial charge on any atom is 0.0643 e. The third kappa shape index (κ3) is 2.76. The smallest absolute Gasteiger partial charge is 0.0643 e. The summed E-state index contributed by atoms with van der Waals surface area (Å²) >= 11 is 23.9. The molecule has 0 fully saturated rings. The predicted molar refractivity (Wildman–Crippen MR) is 79.0 cm³/mol. The Morgan fingerprint density at radius 1 is 0.833 bits per heavy atom. The van der Waals surface area contributed by atoms with Crippen LogP contribution in [0.5, 0.6) is 0 Å². The number of hydrogen-bond acceptors (Lipinski definition) is 1. The third-order valence-corrected chi connectivity index (χ3v) is 4.19. The number of hydrogen-bond donors (Lipinski definition) is 1. The summed E-state index contributed by atoms with van der Waals surface area (Å²) in [5.74, 6) is 0. The summed E-state index contributed by atoms with van der Waals surface area (Å²) in [6, 6.07) is 10.2. The molecule has 0 spiro atoms. The Labute approximate surface area is 125 Å². The maximum atomic E-state index is 6.16. The van der Waals surface area contributed by atoms with Crippen LogP contribution in [0.2, 0.25) is 20.1 Å². The second-order valence-corrected chi connectivity index (χ2v) is 5.39. The van der Waals surface area contributed by atoms with Crippen molar-refractivity contribution < 1.29 is 0 Å². The Kier molecular flexibility index (Phi) is 4.41. The van der Waals surface area contributed by atoms with Crippen LogP contribution < -0.4 is 5.73 Å². The first-order valence-electron chi connectivity index (χ1n) is 5.15. The minimum absolute atomic E-state index is 0.397. The SMILES string of the molecule is NC(c1ccc(Cl)c(Cl)c1)c1cccc(Cl)c1Cl. The van der Waals surface area contributed by atoms with Gasteiger partial charge < -0.3 is 5.73 Å². The molecule has 0 radical (unpaired) electrons. The van der Waals surface area contributed by atoms with E-state index in [4.69, 9.17) is 52.1 Å². The zero-order valence-corrected chi connectivity index (χ0v) is 12.2.